The highest BCUT2D eigenvalue weighted by Gasteiger charge is 2.37. The van der Waals surface area contributed by atoms with Crippen LogP contribution >= 0.6 is 0 Å². The molecule has 1 aromatic carbocycles. The van der Waals surface area contributed by atoms with Crippen molar-refractivity contribution in [2.24, 2.45) is 5.92 Å². The Balaban J connectivity index is 1.33. The molecule has 1 aliphatic rings. The Labute approximate surface area is 151 Å². The summed E-state index contributed by atoms with van der Waals surface area (Å²) < 4.78 is 1.95. The van der Waals surface area contributed by atoms with Crippen LogP contribution in [0.4, 0.5) is 5.69 Å². The predicted octanol–water partition coefficient (Wildman–Crippen LogP) is 2.05. The maximum absolute atomic E-state index is 12.5. The van der Waals surface area contributed by atoms with Crippen LogP contribution in [0.5, 0.6) is 0 Å². The monoisotopic (exact) mass is 348 g/mol. The number of imidazole rings is 1. The van der Waals surface area contributed by atoms with Gasteiger partial charge in [0.1, 0.15) is 11.6 Å². The third-order valence-corrected chi connectivity index (χ3v) is 4.68. The van der Waals surface area contributed by atoms with E-state index in [1.54, 1.807) is 4.90 Å². The molecule has 2 aromatic heterocycles. The number of nitrogens with one attached hydrogen (secondary N) is 1. The SMILES string of the molecule is O=C(NCCc1cn2ccccc2n1)[C@H]1CCN(c2ccccc2)C1=O. The molecule has 2 amide bonds. The van der Waals surface area contributed by atoms with Crippen molar-refractivity contribution in [3.05, 3.63) is 66.6 Å². The Morgan fingerprint density at radius 2 is 1.96 bits per heavy atom. The number of carbonyl (C=O) groups excluding carboxylic acids is 2. The summed E-state index contributed by atoms with van der Waals surface area (Å²) in [6, 6.07) is 15.3. The quantitative estimate of drug-likeness (QED) is 0.718. The molecule has 132 valence electrons. The molecule has 0 spiro atoms. The minimum absolute atomic E-state index is 0.124. The van der Waals surface area contributed by atoms with Crippen molar-refractivity contribution in [3.63, 3.8) is 0 Å². The zero-order valence-corrected chi connectivity index (χ0v) is 14.3. The van der Waals surface area contributed by atoms with E-state index in [9.17, 15) is 9.59 Å². The summed E-state index contributed by atoms with van der Waals surface area (Å²) in [4.78, 5) is 31.2. The molecule has 6 nitrogen and oxygen atoms in total. The number of fused-ring (bicyclic) bond motifs is 1. The van der Waals surface area contributed by atoms with Gasteiger partial charge >= 0.3 is 0 Å². The van der Waals surface area contributed by atoms with Gasteiger partial charge in [-0.3, -0.25) is 9.59 Å². The van der Waals surface area contributed by atoms with Gasteiger partial charge < -0.3 is 14.6 Å². The molecule has 3 aromatic rings. The van der Waals surface area contributed by atoms with Crippen molar-refractivity contribution < 1.29 is 9.59 Å². The van der Waals surface area contributed by atoms with Gasteiger partial charge in [0, 0.05) is 37.6 Å². The summed E-state index contributed by atoms with van der Waals surface area (Å²) in [5.74, 6) is -0.921. The maximum Gasteiger partial charge on any atom is 0.239 e. The lowest BCUT2D eigenvalue weighted by atomic mass is 10.1. The van der Waals surface area contributed by atoms with E-state index in [0.29, 0.717) is 25.9 Å². The lowest BCUT2D eigenvalue weighted by molar-refractivity contribution is -0.132. The fraction of sp³-hybridized carbons (Fsp3) is 0.250. The molecule has 3 heterocycles. The van der Waals surface area contributed by atoms with Crippen LogP contribution in [0.25, 0.3) is 5.65 Å². The molecular formula is C20H20N4O2. The highest BCUT2D eigenvalue weighted by molar-refractivity contribution is 6.09. The van der Waals surface area contributed by atoms with Crippen molar-refractivity contribution >= 4 is 23.1 Å². The van der Waals surface area contributed by atoms with Gasteiger partial charge in [-0.05, 0) is 30.7 Å². The minimum atomic E-state index is -0.601. The third-order valence-electron chi connectivity index (χ3n) is 4.68. The zero-order valence-electron chi connectivity index (χ0n) is 14.3. The number of hydrogen-bond donors (Lipinski definition) is 1. The van der Waals surface area contributed by atoms with Crippen molar-refractivity contribution in [1.29, 1.82) is 0 Å². The number of carbonyl (C=O) groups is 2. The van der Waals surface area contributed by atoms with E-state index in [4.69, 9.17) is 0 Å². The summed E-state index contributed by atoms with van der Waals surface area (Å²) in [5.41, 5.74) is 2.65. The molecular weight excluding hydrogens is 328 g/mol. The summed E-state index contributed by atoms with van der Waals surface area (Å²) in [5, 5.41) is 2.88. The summed E-state index contributed by atoms with van der Waals surface area (Å²) in [7, 11) is 0. The van der Waals surface area contributed by atoms with E-state index in [1.165, 1.54) is 0 Å². The molecule has 1 N–H and O–H groups in total. The standard InChI is InChI=1S/C20H20N4O2/c25-19(17-10-13-24(20(17)26)16-6-2-1-3-7-16)21-11-9-15-14-23-12-5-4-8-18(23)22-15/h1-8,12,14,17H,9-11,13H2,(H,21,25)/t17-/m1/s1. The lowest BCUT2D eigenvalue weighted by Crippen LogP contribution is -2.37. The molecule has 26 heavy (non-hydrogen) atoms. The average Bonchev–Trinajstić information content (AvgIpc) is 3.25. The van der Waals surface area contributed by atoms with Crippen LogP contribution in [0.3, 0.4) is 0 Å². The Kier molecular flexibility index (Phi) is 4.39. The van der Waals surface area contributed by atoms with Crippen LogP contribution in [-0.4, -0.2) is 34.3 Å². The van der Waals surface area contributed by atoms with E-state index >= 15 is 0 Å². The second kappa shape index (κ2) is 7.00. The molecule has 0 unspecified atom stereocenters. The van der Waals surface area contributed by atoms with Crippen LogP contribution < -0.4 is 10.2 Å². The number of rotatable bonds is 5. The van der Waals surface area contributed by atoms with Crippen molar-refractivity contribution in [2.75, 3.05) is 18.0 Å². The highest BCUT2D eigenvalue weighted by atomic mass is 16.2. The predicted molar refractivity (Wildman–Crippen MR) is 98.8 cm³/mol. The average molecular weight is 348 g/mol. The Hall–Kier alpha value is -3.15. The molecule has 1 saturated heterocycles. The van der Waals surface area contributed by atoms with E-state index in [0.717, 1.165) is 17.0 Å². The van der Waals surface area contributed by atoms with E-state index in [2.05, 4.69) is 10.3 Å². The van der Waals surface area contributed by atoms with Crippen LogP contribution in [-0.2, 0) is 16.0 Å². The van der Waals surface area contributed by atoms with Crippen LogP contribution in [0.1, 0.15) is 12.1 Å². The van der Waals surface area contributed by atoms with Crippen molar-refractivity contribution in [3.8, 4) is 0 Å². The van der Waals surface area contributed by atoms with Gasteiger partial charge in [-0.15, -0.1) is 0 Å². The number of aromatic nitrogens is 2. The molecule has 0 saturated carbocycles. The number of hydrogen-bond acceptors (Lipinski definition) is 3. The fourth-order valence-electron chi connectivity index (χ4n) is 3.33. The van der Waals surface area contributed by atoms with Crippen molar-refractivity contribution in [1.82, 2.24) is 14.7 Å². The molecule has 6 heteroatoms. The van der Waals surface area contributed by atoms with Crippen LogP contribution in [0.2, 0.25) is 0 Å². The van der Waals surface area contributed by atoms with Gasteiger partial charge in [0.05, 0.1) is 5.69 Å². The number of benzene rings is 1. The molecule has 0 radical (unpaired) electrons. The summed E-state index contributed by atoms with van der Waals surface area (Å²) >= 11 is 0. The molecule has 1 aliphatic heterocycles. The van der Waals surface area contributed by atoms with Gasteiger partial charge in [0.15, 0.2) is 0 Å². The minimum Gasteiger partial charge on any atom is -0.355 e. The normalized spacial score (nSPS) is 17.0. The first-order chi connectivity index (χ1) is 12.7. The topological polar surface area (TPSA) is 66.7 Å². The first-order valence-electron chi connectivity index (χ1n) is 8.79. The first-order valence-corrected chi connectivity index (χ1v) is 8.79. The van der Waals surface area contributed by atoms with Gasteiger partial charge in [-0.2, -0.15) is 0 Å². The van der Waals surface area contributed by atoms with E-state index < -0.39 is 5.92 Å². The Morgan fingerprint density at radius 3 is 2.77 bits per heavy atom. The van der Waals surface area contributed by atoms with Crippen molar-refractivity contribution in [2.45, 2.75) is 12.8 Å². The molecule has 1 atom stereocenters. The number of para-hydroxylation sites is 1. The smallest absolute Gasteiger partial charge is 0.239 e. The number of nitrogens with zero attached hydrogens (tertiary/aromatic N) is 3. The number of amides is 2. The summed E-state index contributed by atoms with van der Waals surface area (Å²) in [6.45, 7) is 1.05. The first kappa shape index (κ1) is 16.3. The summed E-state index contributed by atoms with van der Waals surface area (Å²) in [6.07, 6.45) is 5.09. The third kappa shape index (κ3) is 3.18. The number of pyridine rings is 1. The van der Waals surface area contributed by atoms with Gasteiger partial charge in [-0.25, -0.2) is 4.98 Å². The molecule has 0 bridgehead atoms. The second-order valence-corrected chi connectivity index (χ2v) is 6.41. The van der Waals surface area contributed by atoms with Gasteiger partial charge in [0.2, 0.25) is 11.8 Å². The highest BCUT2D eigenvalue weighted by Crippen LogP contribution is 2.25. The Morgan fingerprint density at radius 1 is 1.15 bits per heavy atom. The zero-order chi connectivity index (χ0) is 17.9. The fourth-order valence-corrected chi connectivity index (χ4v) is 3.33. The Bertz CT molecular complexity index is 902. The molecule has 4 rings (SSSR count). The lowest BCUT2D eigenvalue weighted by Gasteiger charge is -2.16. The number of anilines is 1. The van der Waals surface area contributed by atoms with E-state index in [-0.39, 0.29) is 11.8 Å². The van der Waals surface area contributed by atoms with Gasteiger partial charge in [-0.1, -0.05) is 24.3 Å². The maximum atomic E-state index is 12.5. The van der Waals surface area contributed by atoms with Crippen LogP contribution in [0.15, 0.2) is 60.9 Å². The second-order valence-electron chi connectivity index (χ2n) is 6.41. The largest absolute Gasteiger partial charge is 0.355 e. The van der Waals surface area contributed by atoms with Crippen LogP contribution in [0, 0.1) is 5.92 Å². The molecule has 0 aliphatic carbocycles. The molecule has 1 fully saturated rings. The van der Waals surface area contributed by atoms with E-state index in [1.807, 2.05) is 65.3 Å². The van der Waals surface area contributed by atoms with Gasteiger partial charge in [0.25, 0.3) is 0 Å².